The number of ether oxygens (including phenoxy) is 1. The third-order valence-corrected chi connectivity index (χ3v) is 3.78. The highest BCUT2D eigenvalue weighted by Gasteiger charge is 2.15. The average Bonchev–Trinajstić information content (AvgIpc) is 2.51. The van der Waals surface area contributed by atoms with Gasteiger partial charge in [-0.25, -0.2) is 0 Å². The topological polar surface area (TPSA) is 35.2 Å². The Morgan fingerprint density at radius 3 is 2.86 bits per heavy atom. The molecule has 2 N–H and O–H groups in total. The lowest BCUT2D eigenvalue weighted by Gasteiger charge is -2.21. The Morgan fingerprint density at radius 1 is 1.64 bits per heavy atom. The summed E-state index contributed by atoms with van der Waals surface area (Å²) in [7, 11) is 0. The minimum absolute atomic E-state index is 0.200. The van der Waals surface area contributed by atoms with E-state index in [9.17, 15) is 0 Å². The van der Waals surface area contributed by atoms with E-state index in [1.165, 1.54) is 4.88 Å². The summed E-state index contributed by atoms with van der Waals surface area (Å²) < 4.78 is 6.67. The summed E-state index contributed by atoms with van der Waals surface area (Å²) >= 11 is 5.10. The van der Waals surface area contributed by atoms with E-state index >= 15 is 0 Å². The van der Waals surface area contributed by atoms with Gasteiger partial charge in [-0.3, -0.25) is 0 Å². The fourth-order valence-corrected chi connectivity index (χ4v) is 2.30. The van der Waals surface area contributed by atoms with Crippen LogP contribution in [0, 0.1) is 0 Å². The maximum atomic E-state index is 5.95. The Kier molecular flexibility index (Phi) is 4.57. The van der Waals surface area contributed by atoms with E-state index in [0.717, 1.165) is 10.9 Å². The quantitative estimate of drug-likeness (QED) is 0.898. The van der Waals surface area contributed by atoms with Gasteiger partial charge in [-0.15, -0.1) is 11.3 Å². The van der Waals surface area contributed by atoms with Crippen LogP contribution in [0.1, 0.15) is 25.1 Å². The zero-order valence-corrected chi connectivity index (χ0v) is 11.0. The molecule has 0 bridgehead atoms. The van der Waals surface area contributed by atoms with Gasteiger partial charge in [0.05, 0.1) is 13.2 Å². The smallest absolute Gasteiger partial charge is 0.0810 e. The SMILES string of the molecule is CCC(C)(N)COCc1cc(Br)cs1. The van der Waals surface area contributed by atoms with E-state index in [4.69, 9.17) is 10.5 Å². The molecule has 1 atom stereocenters. The Bertz CT molecular complexity index is 285. The molecule has 0 amide bonds. The summed E-state index contributed by atoms with van der Waals surface area (Å²) in [6.45, 7) is 5.35. The monoisotopic (exact) mass is 277 g/mol. The molecule has 0 aliphatic heterocycles. The highest BCUT2D eigenvalue weighted by Crippen LogP contribution is 2.20. The van der Waals surface area contributed by atoms with Crippen LogP contribution in [0.3, 0.4) is 0 Å². The van der Waals surface area contributed by atoms with Crippen molar-refractivity contribution in [3.63, 3.8) is 0 Å². The van der Waals surface area contributed by atoms with Crippen molar-refractivity contribution in [3.8, 4) is 0 Å². The van der Waals surface area contributed by atoms with Crippen molar-refractivity contribution in [2.45, 2.75) is 32.4 Å². The molecular formula is C10H16BrNOS. The number of rotatable bonds is 5. The fraction of sp³-hybridized carbons (Fsp3) is 0.600. The third-order valence-electron chi connectivity index (χ3n) is 2.11. The van der Waals surface area contributed by atoms with Crippen LogP contribution in [0.4, 0.5) is 0 Å². The number of hydrogen-bond acceptors (Lipinski definition) is 3. The van der Waals surface area contributed by atoms with Gasteiger partial charge in [-0.05, 0) is 35.3 Å². The number of hydrogen-bond donors (Lipinski definition) is 1. The van der Waals surface area contributed by atoms with E-state index in [-0.39, 0.29) is 5.54 Å². The van der Waals surface area contributed by atoms with Crippen molar-refractivity contribution in [1.82, 2.24) is 0 Å². The number of halogens is 1. The van der Waals surface area contributed by atoms with E-state index in [1.807, 2.05) is 6.92 Å². The largest absolute Gasteiger partial charge is 0.374 e. The molecule has 1 aromatic rings. The minimum atomic E-state index is -0.200. The van der Waals surface area contributed by atoms with E-state index in [0.29, 0.717) is 13.2 Å². The van der Waals surface area contributed by atoms with Crippen LogP contribution < -0.4 is 5.73 Å². The molecule has 0 aromatic carbocycles. The second kappa shape index (κ2) is 5.26. The minimum Gasteiger partial charge on any atom is -0.374 e. The Hall–Kier alpha value is 0.1000. The molecule has 0 saturated heterocycles. The maximum Gasteiger partial charge on any atom is 0.0810 e. The van der Waals surface area contributed by atoms with Gasteiger partial charge in [0.2, 0.25) is 0 Å². The summed E-state index contributed by atoms with van der Waals surface area (Å²) in [5, 5.41) is 2.06. The highest BCUT2D eigenvalue weighted by molar-refractivity contribution is 9.10. The van der Waals surface area contributed by atoms with Gasteiger partial charge in [0.15, 0.2) is 0 Å². The zero-order valence-electron chi connectivity index (χ0n) is 8.55. The van der Waals surface area contributed by atoms with Crippen molar-refractivity contribution in [2.24, 2.45) is 5.73 Å². The fourth-order valence-electron chi connectivity index (χ4n) is 0.916. The predicted molar refractivity (Wildman–Crippen MR) is 64.6 cm³/mol. The lowest BCUT2D eigenvalue weighted by Crippen LogP contribution is -2.40. The van der Waals surface area contributed by atoms with Crippen LogP contribution >= 0.6 is 27.3 Å². The molecule has 0 spiro atoms. The molecule has 2 nitrogen and oxygen atoms in total. The lowest BCUT2D eigenvalue weighted by atomic mass is 10.0. The standard InChI is InChI=1S/C10H16BrNOS/c1-3-10(2,12)7-13-5-9-4-8(11)6-14-9/h4,6H,3,5,7,12H2,1-2H3. The Labute approximate surface area is 97.6 Å². The highest BCUT2D eigenvalue weighted by atomic mass is 79.9. The van der Waals surface area contributed by atoms with Crippen molar-refractivity contribution in [3.05, 3.63) is 20.8 Å². The van der Waals surface area contributed by atoms with Crippen LogP contribution in [0.2, 0.25) is 0 Å². The first-order valence-electron chi connectivity index (χ1n) is 4.63. The first kappa shape index (κ1) is 12.2. The summed E-state index contributed by atoms with van der Waals surface area (Å²) in [6.07, 6.45) is 0.932. The van der Waals surface area contributed by atoms with Gasteiger partial charge in [0.25, 0.3) is 0 Å². The molecule has 80 valence electrons. The molecule has 14 heavy (non-hydrogen) atoms. The van der Waals surface area contributed by atoms with Crippen molar-refractivity contribution < 1.29 is 4.74 Å². The normalized spacial score (nSPS) is 15.4. The molecule has 0 aliphatic carbocycles. The van der Waals surface area contributed by atoms with Crippen molar-refractivity contribution in [2.75, 3.05) is 6.61 Å². The van der Waals surface area contributed by atoms with Gasteiger partial charge in [0, 0.05) is 20.3 Å². The predicted octanol–water partition coefficient (Wildman–Crippen LogP) is 3.15. The zero-order chi connectivity index (χ0) is 10.6. The first-order valence-corrected chi connectivity index (χ1v) is 6.30. The summed E-state index contributed by atoms with van der Waals surface area (Å²) in [6, 6.07) is 2.07. The first-order chi connectivity index (χ1) is 6.53. The third kappa shape index (κ3) is 4.09. The number of thiophene rings is 1. The van der Waals surface area contributed by atoms with Crippen molar-refractivity contribution in [1.29, 1.82) is 0 Å². The molecule has 0 fully saturated rings. The molecule has 1 aromatic heterocycles. The molecule has 1 unspecified atom stereocenters. The van der Waals surface area contributed by atoms with Crippen LogP contribution in [0.5, 0.6) is 0 Å². The lowest BCUT2D eigenvalue weighted by molar-refractivity contribution is 0.0793. The van der Waals surface area contributed by atoms with Gasteiger partial charge in [-0.1, -0.05) is 6.92 Å². The van der Waals surface area contributed by atoms with Gasteiger partial charge in [0.1, 0.15) is 0 Å². The maximum absolute atomic E-state index is 5.95. The van der Waals surface area contributed by atoms with E-state index < -0.39 is 0 Å². The molecule has 0 aliphatic rings. The summed E-state index contributed by atoms with van der Waals surface area (Å²) in [4.78, 5) is 1.23. The number of nitrogens with two attached hydrogens (primary N) is 1. The van der Waals surface area contributed by atoms with E-state index in [2.05, 4.69) is 34.3 Å². The Balaban J connectivity index is 2.28. The van der Waals surface area contributed by atoms with E-state index in [1.54, 1.807) is 11.3 Å². The summed E-state index contributed by atoms with van der Waals surface area (Å²) in [5.41, 5.74) is 5.75. The van der Waals surface area contributed by atoms with Gasteiger partial charge < -0.3 is 10.5 Å². The van der Waals surface area contributed by atoms with Gasteiger partial charge in [-0.2, -0.15) is 0 Å². The molecule has 0 radical (unpaired) electrons. The molecular weight excluding hydrogens is 262 g/mol. The molecule has 0 saturated carbocycles. The second-order valence-electron chi connectivity index (χ2n) is 3.73. The summed E-state index contributed by atoms with van der Waals surface area (Å²) in [5.74, 6) is 0. The van der Waals surface area contributed by atoms with Gasteiger partial charge >= 0.3 is 0 Å². The van der Waals surface area contributed by atoms with Crippen LogP contribution in [0.15, 0.2) is 15.9 Å². The molecule has 1 heterocycles. The second-order valence-corrected chi connectivity index (χ2v) is 5.64. The molecule has 1 rings (SSSR count). The Morgan fingerprint density at radius 2 is 2.36 bits per heavy atom. The molecule has 4 heteroatoms. The van der Waals surface area contributed by atoms with Crippen molar-refractivity contribution >= 4 is 27.3 Å². The van der Waals surface area contributed by atoms with Crippen LogP contribution in [-0.2, 0) is 11.3 Å². The van der Waals surface area contributed by atoms with Crippen LogP contribution in [-0.4, -0.2) is 12.1 Å². The van der Waals surface area contributed by atoms with Crippen LogP contribution in [0.25, 0.3) is 0 Å². The average molecular weight is 278 g/mol.